The van der Waals surface area contributed by atoms with E-state index in [1.807, 2.05) is 0 Å². The van der Waals surface area contributed by atoms with E-state index in [9.17, 15) is 0 Å². The SMILES string of the molecule is P#P(N=S)P=PP=PP=P. The van der Waals surface area contributed by atoms with Crippen LogP contribution in [0.15, 0.2) is 4.13 Å². The van der Waals surface area contributed by atoms with E-state index in [0.717, 1.165) is 0 Å². The van der Waals surface area contributed by atoms with Gasteiger partial charge in [-0.15, -0.1) is 0 Å². The van der Waals surface area contributed by atoms with Crippen LogP contribution in [0.1, 0.15) is 0 Å². The van der Waals surface area contributed by atoms with Gasteiger partial charge in [-0.2, -0.15) is 0 Å². The van der Waals surface area contributed by atoms with Gasteiger partial charge in [0.25, 0.3) is 0 Å². The second-order valence-electron chi connectivity index (χ2n) is 0.808. The molecule has 1 unspecified atom stereocenters. The molecule has 0 fully saturated rings. The molecule has 10 heteroatoms. The van der Waals surface area contributed by atoms with Crippen molar-refractivity contribution in [2.24, 2.45) is 4.13 Å². The van der Waals surface area contributed by atoms with Crippen LogP contribution in [0.3, 0.4) is 0 Å². The Morgan fingerprint density at radius 1 is 1.40 bits per heavy atom. The van der Waals surface area contributed by atoms with E-state index >= 15 is 0 Å². The third-order valence-electron chi connectivity index (χ3n) is 0.318. The Labute approximate surface area is 77.9 Å². The fraction of sp³-hybridized carbons (Fsp3) is 0. The third-order valence-corrected chi connectivity index (χ3v) is 19.6. The zero-order chi connectivity index (χ0) is 7.82. The van der Waals surface area contributed by atoms with Gasteiger partial charge >= 0.3 is 78.1 Å². The minimum absolute atomic E-state index is 0.531. The molecule has 0 aliphatic heterocycles. The van der Waals surface area contributed by atoms with Crippen molar-refractivity contribution in [3.63, 3.8) is 0 Å². The summed E-state index contributed by atoms with van der Waals surface area (Å²) in [7, 11) is 14.2. The van der Waals surface area contributed by atoms with Crippen LogP contribution in [0.4, 0.5) is 0 Å². The third kappa shape index (κ3) is 8.64. The van der Waals surface area contributed by atoms with E-state index in [-0.39, 0.29) is 0 Å². The zero-order valence-electron chi connectivity index (χ0n) is 4.49. The Balaban J connectivity index is 3.80. The molecule has 0 aliphatic rings. The van der Waals surface area contributed by atoms with Crippen molar-refractivity contribution in [2.45, 2.75) is 0 Å². The van der Waals surface area contributed by atoms with Crippen LogP contribution in [0.25, 0.3) is 0 Å². The minimum atomic E-state index is -0.531. The van der Waals surface area contributed by atoms with Crippen molar-refractivity contribution < 1.29 is 0 Å². The van der Waals surface area contributed by atoms with Crippen LogP contribution in [0.5, 0.6) is 0 Å². The Bertz CT molecular complexity index is 227. The van der Waals surface area contributed by atoms with E-state index in [1.165, 1.54) is 37.8 Å². The molecular formula is HNP8S. The van der Waals surface area contributed by atoms with Crippen LogP contribution in [0, 0.1) is 0 Å². The molecule has 10 heavy (non-hydrogen) atoms. The quantitative estimate of drug-likeness (QED) is 0.510. The van der Waals surface area contributed by atoms with Crippen molar-refractivity contribution in [3.05, 3.63) is 0 Å². The Morgan fingerprint density at radius 2 is 2.10 bits per heavy atom. The van der Waals surface area contributed by atoms with Crippen molar-refractivity contribution in [3.8, 4) is 0 Å². The molecule has 0 heterocycles. The molecule has 52 valence electrons. The molecule has 0 aromatic rings. The number of hydrogen-bond acceptors (Lipinski definition) is 2. The Hall–Kier alpha value is 2.55. The van der Waals surface area contributed by atoms with Gasteiger partial charge in [0, 0.05) is 0 Å². The first kappa shape index (κ1) is 12.6. The molecule has 1 nitrogen and oxygen atoms in total. The van der Waals surface area contributed by atoms with Gasteiger partial charge in [0.1, 0.15) is 0 Å². The molecular weight excluding hydrogens is 294 g/mol. The molecule has 1 atom stereocenters. The van der Waals surface area contributed by atoms with E-state index in [2.05, 4.69) is 33.4 Å². The van der Waals surface area contributed by atoms with Crippen molar-refractivity contribution in [1.82, 2.24) is 0 Å². The molecule has 0 rings (SSSR count). The molecule has 0 N–H and O–H groups in total. The maximum absolute atomic E-state index is 4.50. The van der Waals surface area contributed by atoms with Gasteiger partial charge < -0.3 is 0 Å². The van der Waals surface area contributed by atoms with E-state index < -0.39 is 6.86 Å². The van der Waals surface area contributed by atoms with Gasteiger partial charge in [-0.05, 0) is 0 Å². The number of rotatable bonds is 2. The molecule has 0 aromatic carbocycles. The summed E-state index contributed by atoms with van der Waals surface area (Å²) in [6.07, 6.45) is 0. The summed E-state index contributed by atoms with van der Waals surface area (Å²) in [6.45, 7) is -0.531. The molecule has 0 spiro atoms. The Morgan fingerprint density at radius 3 is 2.60 bits per heavy atom. The number of nitrogens with zero attached hydrogens (tertiary/aromatic N) is 1. The van der Waals surface area contributed by atoms with Gasteiger partial charge in [-0.25, -0.2) is 0 Å². The summed E-state index contributed by atoms with van der Waals surface area (Å²) in [4.78, 5) is 0. The van der Waals surface area contributed by atoms with Gasteiger partial charge in [0.05, 0.1) is 0 Å². The molecule has 0 aliphatic carbocycles. The van der Waals surface area contributed by atoms with Crippen molar-refractivity contribution in [2.75, 3.05) is 0 Å². The van der Waals surface area contributed by atoms with Crippen LogP contribution >= 0.6 is 61.5 Å². The van der Waals surface area contributed by atoms with Gasteiger partial charge in [-0.1, -0.05) is 0 Å². The van der Waals surface area contributed by atoms with E-state index in [4.69, 9.17) is 0 Å². The first-order chi connectivity index (χ1) is 4.81. The summed E-state index contributed by atoms with van der Waals surface area (Å²) >= 11 is 4.50. The Kier molecular flexibility index (Phi) is 12.1. The monoisotopic (exact) mass is 295 g/mol. The first-order valence-electron chi connectivity index (χ1n) is 1.81. The molecule has 0 bridgehead atoms. The van der Waals surface area contributed by atoms with E-state index in [0.29, 0.717) is 0 Å². The fourth-order valence-corrected chi connectivity index (χ4v) is 20.7. The van der Waals surface area contributed by atoms with Crippen molar-refractivity contribution >= 4 is 73.9 Å². The van der Waals surface area contributed by atoms with Crippen LogP contribution in [-0.4, -0.2) is 0 Å². The second-order valence-corrected chi connectivity index (χ2v) is 17.1. The topological polar surface area (TPSA) is 12.4 Å². The molecule has 0 radical (unpaired) electrons. The summed E-state index contributed by atoms with van der Waals surface area (Å²) in [5.74, 6) is 0. The van der Waals surface area contributed by atoms with Gasteiger partial charge in [0.15, 0.2) is 0 Å². The van der Waals surface area contributed by atoms with Crippen LogP contribution < -0.4 is 0 Å². The summed E-state index contributed by atoms with van der Waals surface area (Å²) in [5, 5.41) is 0. The zero-order valence-corrected chi connectivity index (χ0v) is 12.6. The average Bonchev–Trinajstić information content (AvgIpc) is 1.98. The summed E-state index contributed by atoms with van der Waals surface area (Å²) in [6, 6.07) is 0. The number of hydrogen-bond donors (Lipinski definition) is 0. The predicted octanol–water partition coefficient (Wildman–Crippen LogP) is 6.80. The standard InChI is InChI=1S/HNP8S/c2-4-5-6-7-8-9(3)1-10/h2H. The van der Waals surface area contributed by atoms with Crippen LogP contribution in [0.2, 0.25) is 0 Å². The van der Waals surface area contributed by atoms with Gasteiger partial charge in [-0.3, -0.25) is 0 Å². The molecule has 0 amide bonds. The summed E-state index contributed by atoms with van der Waals surface area (Å²) in [5.41, 5.74) is 0. The molecule has 0 saturated heterocycles. The van der Waals surface area contributed by atoms with Gasteiger partial charge in [0.2, 0.25) is 0 Å². The first-order valence-corrected chi connectivity index (χ1v) is 14.0. The van der Waals surface area contributed by atoms with Crippen molar-refractivity contribution in [1.29, 1.82) is 0 Å². The molecule has 0 aromatic heterocycles. The van der Waals surface area contributed by atoms with E-state index in [1.54, 1.807) is 0 Å². The average molecular weight is 295 g/mol. The molecule has 0 saturated carbocycles. The predicted molar refractivity (Wildman–Crippen MR) is 66.5 cm³/mol. The normalized spacial score (nSPS) is 12.9. The van der Waals surface area contributed by atoms with Crippen LogP contribution in [-0.2, 0) is 12.4 Å². The summed E-state index contributed by atoms with van der Waals surface area (Å²) < 4.78 is 3.66. The maximum atomic E-state index is 4.50. The second kappa shape index (κ2) is 9.64. The fourth-order valence-electron chi connectivity index (χ4n) is 0.108.